The Bertz CT molecular complexity index is 379. The van der Waals surface area contributed by atoms with E-state index in [9.17, 15) is 0 Å². The number of aromatic nitrogens is 2. The van der Waals surface area contributed by atoms with Crippen molar-refractivity contribution in [3.05, 3.63) is 11.9 Å². The van der Waals surface area contributed by atoms with Crippen LogP contribution in [0, 0.1) is 6.92 Å². The second-order valence-electron chi connectivity index (χ2n) is 4.59. The van der Waals surface area contributed by atoms with Crippen molar-refractivity contribution in [2.45, 2.75) is 25.8 Å². The van der Waals surface area contributed by atoms with Crippen LogP contribution in [0.5, 0.6) is 0 Å². The third kappa shape index (κ3) is 3.06. The molecule has 17 heavy (non-hydrogen) atoms. The van der Waals surface area contributed by atoms with Crippen molar-refractivity contribution in [2.24, 2.45) is 0 Å². The lowest BCUT2D eigenvalue weighted by Gasteiger charge is -2.20. The molecule has 0 radical (unpaired) electrons. The molecule has 0 aliphatic carbocycles. The van der Waals surface area contributed by atoms with Gasteiger partial charge in [-0.3, -0.25) is 0 Å². The van der Waals surface area contributed by atoms with Crippen LogP contribution in [0.3, 0.4) is 0 Å². The summed E-state index contributed by atoms with van der Waals surface area (Å²) in [6.07, 6.45) is 2.57. The maximum absolute atomic E-state index is 4.39. The Balaban J connectivity index is 1.96. The lowest BCUT2D eigenvalue weighted by atomic mass is 10.2. The third-order valence-electron chi connectivity index (χ3n) is 3.28. The van der Waals surface area contributed by atoms with Crippen LogP contribution >= 0.6 is 0 Å². The highest BCUT2D eigenvalue weighted by atomic mass is 15.2. The molecule has 1 aliphatic rings. The number of hydrogen-bond donors (Lipinski definition) is 2. The van der Waals surface area contributed by atoms with E-state index < -0.39 is 0 Å². The second kappa shape index (κ2) is 5.31. The van der Waals surface area contributed by atoms with Crippen molar-refractivity contribution in [1.82, 2.24) is 14.9 Å². The minimum atomic E-state index is 0.628. The Morgan fingerprint density at radius 1 is 1.41 bits per heavy atom. The average Bonchev–Trinajstić information content (AvgIpc) is 2.71. The lowest BCUT2D eigenvalue weighted by Crippen LogP contribution is -2.31. The number of nitrogens with zero attached hydrogens (tertiary/aromatic N) is 3. The summed E-state index contributed by atoms with van der Waals surface area (Å²) in [5.41, 5.74) is 0. The smallest absolute Gasteiger partial charge is 0.131 e. The summed E-state index contributed by atoms with van der Waals surface area (Å²) in [6.45, 7) is 4.07. The molecule has 1 saturated heterocycles. The van der Waals surface area contributed by atoms with E-state index in [4.69, 9.17) is 0 Å². The minimum absolute atomic E-state index is 0.628. The highest BCUT2D eigenvalue weighted by molar-refractivity contribution is 5.47. The Labute approximate surface area is 103 Å². The summed E-state index contributed by atoms with van der Waals surface area (Å²) < 4.78 is 0. The van der Waals surface area contributed by atoms with E-state index >= 15 is 0 Å². The molecule has 0 amide bonds. The largest absolute Gasteiger partial charge is 0.373 e. The summed E-state index contributed by atoms with van der Waals surface area (Å²) in [5, 5.41) is 6.44. The summed E-state index contributed by atoms with van der Waals surface area (Å²) in [6, 6.07) is 2.57. The van der Waals surface area contributed by atoms with Gasteiger partial charge in [-0.25, -0.2) is 9.97 Å². The second-order valence-corrected chi connectivity index (χ2v) is 4.59. The highest BCUT2D eigenvalue weighted by Gasteiger charge is 2.20. The molecule has 1 fully saturated rings. The van der Waals surface area contributed by atoms with Gasteiger partial charge >= 0.3 is 0 Å². The molecule has 0 aromatic carbocycles. The number of hydrogen-bond acceptors (Lipinski definition) is 5. The van der Waals surface area contributed by atoms with Crippen LogP contribution < -0.4 is 10.6 Å². The molecule has 5 nitrogen and oxygen atoms in total. The monoisotopic (exact) mass is 235 g/mol. The lowest BCUT2D eigenvalue weighted by molar-refractivity contribution is 0.322. The van der Waals surface area contributed by atoms with Gasteiger partial charge in [-0.15, -0.1) is 0 Å². The molecule has 5 heteroatoms. The number of likely N-dealkylation sites (tertiary alicyclic amines) is 1. The molecule has 1 aliphatic heterocycles. The predicted octanol–water partition coefficient (Wildman–Crippen LogP) is 1.33. The Morgan fingerprint density at radius 3 is 2.82 bits per heavy atom. The van der Waals surface area contributed by atoms with Gasteiger partial charge in [0.15, 0.2) is 0 Å². The van der Waals surface area contributed by atoms with E-state index in [1.54, 1.807) is 0 Å². The Kier molecular flexibility index (Phi) is 3.78. The zero-order chi connectivity index (χ0) is 12.3. The van der Waals surface area contributed by atoms with Crippen LogP contribution in [0.2, 0.25) is 0 Å². The van der Waals surface area contributed by atoms with Gasteiger partial charge in [0, 0.05) is 25.7 Å². The van der Waals surface area contributed by atoms with Gasteiger partial charge in [0.05, 0.1) is 0 Å². The fraction of sp³-hybridized carbons (Fsp3) is 0.667. The molecule has 0 bridgehead atoms. The number of likely N-dealkylation sites (N-methyl/N-ethyl adjacent to an activating group) is 1. The van der Waals surface area contributed by atoms with Gasteiger partial charge < -0.3 is 15.5 Å². The standard InChI is InChI=1S/C12H21N5/c1-9-15-11(13-2)7-12(16-9)14-8-10-5-4-6-17(10)3/h7,10H,4-6,8H2,1-3H3,(H2,13,14,15,16). The minimum Gasteiger partial charge on any atom is -0.373 e. The molecule has 0 spiro atoms. The maximum Gasteiger partial charge on any atom is 0.131 e. The van der Waals surface area contributed by atoms with Crippen LogP contribution in [0.1, 0.15) is 18.7 Å². The van der Waals surface area contributed by atoms with Gasteiger partial charge in [-0.2, -0.15) is 0 Å². The zero-order valence-electron chi connectivity index (χ0n) is 10.8. The predicted molar refractivity (Wildman–Crippen MR) is 70.5 cm³/mol. The molecule has 1 aromatic heterocycles. The maximum atomic E-state index is 4.39. The molecule has 1 atom stereocenters. The van der Waals surface area contributed by atoms with E-state index in [0.29, 0.717) is 6.04 Å². The van der Waals surface area contributed by atoms with Crippen molar-refractivity contribution in [3.63, 3.8) is 0 Å². The SMILES string of the molecule is CNc1cc(NCC2CCCN2C)nc(C)n1. The van der Waals surface area contributed by atoms with Crippen LogP contribution in [-0.4, -0.2) is 48.1 Å². The fourth-order valence-corrected chi connectivity index (χ4v) is 2.25. The van der Waals surface area contributed by atoms with Crippen molar-refractivity contribution in [3.8, 4) is 0 Å². The van der Waals surface area contributed by atoms with Crippen molar-refractivity contribution >= 4 is 11.6 Å². The number of rotatable bonds is 4. The highest BCUT2D eigenvalue weighted by Crippen LogP contribution is 2.16. The first-order chi connectivity index (χ1) is 8.19. The molecule has 2 N–H and O–H groups in total. The number of anilines is 2. The molecular formula is C12H21N5. The summed E-state index contributed by atoms with van der Waals surface area (Å²) in [4.78, 5) is 11.1. The molecule has 1 unspecified atom stereocenters. The normalized spacial score (nSPS) is 20.5. The number of nitrogens with one attached hydrogen (secondary N) is 2. The third-order valence-corrected chi connectivity index (χ3v) is 3.28. The Hall–Kier alpha value is -1.36. The quantitative estimate of drug-likeness (QED) is 0.824. The van der Waals surface area contributed by atoms with Gasteiger partial charge in [0.1, 0.15) is 17.5 Å². The van der Waals surface area contributed by atoms with Gasteiger partial charge in [0.25, 0.3) is 0 Å². The van der Waals surface area contributed by atoms with E-state index in [1.165, 1.54) is 19.4 Å². The first kappa shape index (κ1) is 12.1. The molecule has 94 valence electrons. The van der Waals surface area contributed by atoms with Gasteiger partial charge in [-0.1, -0.05) is 0 Å². The van der Waals surface area contributed by atoms with Gasteiger partial charge in [0.2, 0.25) is 0 Å². The zero-order valence-corrected chi connectivity index (χ0v) is 10.8. The van der Waals surface area contributed by atoms with Crippen LogP contribution in [0.25, 0.3) is 0 Å². The van der Waals surface area contributed by atoms with E-state index in [-0.39, 0.29) is 0 Å². The van der Waals surface area contributed by atoms with Crippen molar-refractivity contribution in [1.29, 1.82) is 0 Å². The molecular weight excluding hydrogens is 214 g/mol. The van der Waals surface area contributed by atoms with Gasteiger partial charge in [-0.05, 0) is 33.4 Å². The van der Waals surface area contributed by atoms with Crippen molar-refractivity contribution < 1.29 is 0 Å². The summed E-state index contributed by atoms with van der Waals surface area (Å²) in [5.74, 6) is 2.56. The number of aryl methyl sites for hydroxylation is 1. The molecule has 2 rings (SSSR count). The van der Waals surface area contributed by atoms with Crippen molar-refractivity contribution in [2.75, 3.05) is 37.8 Å². The summed E-state index contributed by atoms with van der Waals surface area (Å²) in [7, 11) is 4.06. The van der Waals surface area contributed by atoms with E-state index in [2.05, 4.69) is 32.5 Å². The molecule has 0 saturated carbocycles. The van der Waals surface area contributed by atoms with Crippen LogP contribution in [0.4, 0.5) is 11.6 Å². The first-order valence-corrected chi connectivity index (χ1v) is 6.16. The average molecular weight is 235 g/mol. The van der Waals surface area contributed by atoms with Crippen LogP contribution in [0.15, 0.2) is 6.07 Å². The van der Waals surface area contributed by atoms with Crippen LogP contribution in [-0.2, 0) is 0 Å². The topological polar surface area (TPSA) is 53.1 Å². The molecule has 1 aromatic rings. The Morgan fingerprint density at radius 2 is 2.18 bits per heavy atom. The summed E-state index contributed by atoms with van der Waals surface area (Å²) >= 11 is 0. The fourth-order valence-electron chi connectivity index (χ4n) is 2.25. The van der Waals surface area contributed by atoms with E-state index in [1.807, 2.05) is 20.0 Å². The molecule has 2 heterocycles. The first-order valence-electron chi connectivity index (χ1n) is 6.16. The van der Waals surface area contributed by atoms with E-state index in [0.717, 1.165) is 24.0 Å².